The van der Waals surface area contributed by atoms with Gasteiger partial charge in [0.15, 0.2) is 0 Å². The molecule has 0 unspecified atom stereocenters. The van der Waals surface area contributed by atoms with Crippen LogP contribution < -0.4 is 5.32 Å². The van der Waals surface area contributed by atoms with Crippen molar-refractivity contribution in [1.82, 2.24) is 10.2 Å². The zero-order chi connectivity index (χ0) is 23.5. The highest BCUT2D eigenvalue weighted by Gasteiger charge is 2.24. The van der Waals surface area contributed by atoms with Crippen LogP contribution in [0.4, 0.5) is 11.4 Å². The molecule has 0 aliphatic carbocycles. The highest BCUT2D eigenvalue weighted by atomic mass is 16.6. The van der Waals surface area contributed by atoms with E-state index in [-0.39, 0.29) is 18.0 Å². The van der Waals surface area contributed by atoms with Crippen molar-refractivity contribution in [1.29, 1.82) is 0 Å². The van der Waals surface area contributed by atoms with Crippen molar-refractivity contribution < 1.29 is 19.4 Å². The number of fused-ring (bicyclic) bond motifs is 1. The Morgan fingerprint density at radius 3 is 2.09 bits per heavy atom. The molecule has 0 fully saturated rings. The normalized spacial score (nSPS) is 12.2. The topological polar surface area (TPSA) is 136 Å². The smallest absolute Gasteiger partial charge is 0.277 e. The van der Waals surface area contributed by atoms with Crippen LogP contribution in [0.25, 0.3) is 0 Å². The van der Waals surface area contributed by atoms with Crippen molar-refractivity contribution in [3.05, 3.63) is 115 Å². The second-order valence-corrected chi connectivity index (χ2v) is 7.57. The van der Waals surface area contributed by atoms with Crippen molar-refractivity contribution in [2.75, 3.05) is 0 Å². The van der Waals surface area contributed by atoms with E-state index in [9.17, 15) is 29.8 Å². The standard InChI is InChI=1S/C23H18N4O6/c28-22(18-9-20(26(30)31)11-21(10-18)27(32)33)24-12-15-6-7-17-13-25(14-19(17)8-15)23(29)16-4-2-1-3-5-16/h1-11H,12-14H2,(H,24,28). The summed E-state index contributed by atoms with van der Waals surface area (Å²) in [5, 5.41) is 24.7. The molecule has 4 rings (SSSR count). The molecular formula is C23H18N4O6. The third-order valence-electron chi connectivity index (χ3n) is 5.34. The molecule has 1 aliphatic rings. The van der Waals surface area contributed by atoms with Gasteiger partial charge in [-0.3, -0.25) is 29.8 Å². The van der Waals surface area contributed by atoms with Crippen molar-refractivity contribution in [3.8, 4) is 0 Å². The zero-order valence-corrected chi connectivity index (χ0v) is 17.3. The van der Waals surface area contributed by atoms with Crippen LogP contribution in [0.1, 0.15) is 37.4 Å². The number of benzene rings is 3. The van der Waals surface area contributed by atoms with Gasteiger partial charge in [0.2, 0.25) is 0 Å². The van der Waals surface area contributed by atoms with Gasteiger partial charge >= 0.3 is 0 Å². The van der Waals surface area contributed by atoms with E-state index in [1.165, 1.54) is 0 Å². The number of hydrogen-bond acceptors (Lipinski definition) is 6. The minimum absolute atomic E-state index is 0.0612. The van der Waals surface area contributed by atoms with Crippen LogP contribution in [-0.2, 0) is 19.6 Å². The lowest BCUT2D eigenvalue weighted by Crippen LogP contribution is -2.25. The van der Waals surface area contributed by atoms with Gasteiger partial charge in [-0.2, -0.15) is 0 Å². The van der Waals surface area contributed by atoms with E-state index in [0.29, 0.717) is 18.7 Å². The van der Waals surface area contributed by atoms with Crippen LogP contribution in [0.5, 0.6) is 0 Å². The van der Waals surface area contributed by atoms with Gasteiger partial charge < -0.3 is 10.2 Å². The van der Waals surface area contributed by atoms with Crippen molar-refractivity contribution in [2.45, 2.75) is 19.6 Å². The fraction of sp³-hybridized carbons (Fsp3) is 0.130. The molecule has 0 aromatic heterocycles. The highest BCUT2D eigenvalue weighted by molar-refractivity contribution is 5.95. The maximum absolute atomic E-state index is 12.7. The number of carbonyl (C=O) groups is 2. The molecule has 10 nitrogen and oxygen atoms in total. The first kappa shape index (κ1) is 21.6. The maximum atomic E-state index is 12.7. The van der Waals surface area contributed by atoms with E-state index in [2.05, 4.69) is 5.32 Å². The molecule has 0 bridgehead atoms. The fourth-order valence-electron chi connectivity index (χ4n) is 3.69. The van der Waals surface area contributed by atoms with E-state index < -0.39 is 27.1 Å². The van der Waals surface area contributed by atoms with E-state index in [1.54, 1.807) is 17.0 Å². The predicted octanol–water partition coefficient (Wildman–Crippen LogP) is 3.59. The summed E-state index contributed by atoms with van der Waals surface area (Å²) < 4.78 is 0. The third-order valence-corrected chi connectivity index (χ3v) is 5.34. The lowest BCUT2D eigenvalue weighted by atomic mass is 10.1. The lowest BCUT2D eigenvalue weighted by Gasteiger charge is -2.15. The van der Waals surface area contributed by atoms with Crippen molar-refractivity contribution >= 4 is 23.2 Å². The second-order valence-electron chi connectivity index (χ2n) is 7.57. The summed E-state index contributed by atoms with van der Waals surface area (Å²) in [5.74, 6) is -0.725. The van der Waals surface area contributed by atoms with Crippen LogP contribution in [0.2, 0.25) is 0 Å². The van der Waals surface area contributed by atoms with Gasteiger partial charge in [0, 0.05) is 37.3 Å². The Morgan fingerprint density at radius 1 is 0.818 bits per heavy atom. The van der Waals surface area contributed by atoms with Crippen LogP contribution in [0.15, 0.2) is 66.7 Å². The number of nitrogens with one attached hydrogen (secondary N) is 1. The SMILES string of the molecule is O=C(NCc1ccc2c(c1)CN(C(=O)c1ccccc1)C2)c1cc([N+](=O)[O-])cc([N+](=O)[O-])c1. The molecule has 0 saturated carbocycles. The van der Waals surface area contributed by atoms with Gasteiger partial charge in [-0.15, -0.1) is 0 Å². The lowest BCUT2D eigenvalue weighted by molar-refractivity contribution is -0.394. The first-order valence-corrected chi connectivity index (χ1v) is 9.99. The molecule has 1 aliphatic heterocycles. The molecule has 1 N–H and O–H groups in total. The van der Waals surface area contributed by atoms with Gasteiger partial charge in [-0.1, -0.05) is 36.4 Å². The number of rotatable bonds is 6. The Balaban J connectivity index is 1.44. The van der Waals surface area contributed by atoms with Crippen LogP contribution in [-0.4, -0.2) is 26.6 Å². The van der Waals surface area contributed by atoms with E-state index in [0.717, 1.165) is 34.9 Å². The second kappa shape index (κ2) is 8.87. The monoisotopic (exact) mass is 446 g/mol. The summed E-state index contributed by atoms with van der Waals surface area (Å²) >= 11 is 0. The molecule has 0 atom stereocenters. The van der Waals surface area contributed by atoms with Gasteiger partial charge in [-0.25, -0.2) is 0 Å². The number of nitrogens with zero attached hydrogens (tertiary/aromatic N) is 3. The molecule has 0 radical (unpaired) electrons. The first-order valence-electron chi connectivity index (χ1n) is 9.99. The third kappa shape index (κ3) is 4.69. The highest BCUT2D eigenvalue weighted by Crippen LogP contribution is 2.26. The molecule has 3 aromatic carbocycles. The van der Waals surface area contributed by atoms with E-state index >= 15 is 0 Å². The molecular weight excluding hydrogens is 428 g/mol. The summed E-state index contributed by atoms with van der Waals surface area (Å²) in [6, 6.07) is 17.4. The summed E-state index contributed by atoms with van der Waals surface area (Å²) in [6.07, 6.45) is 0. The Hall–Kier alpha value is -4.60. The molecule has 166 valence electrons. The van der Waals surface area contributed by atoms with Crippen LogP contribution in [0.3, 0.4) is 0 Å². The number of carbonyl (C=O) groups excluding carboxylic acids is 2. The summed E-state index contributed by atoms with van der Waals surface area (Å²) in [4.78, 5) is 47.4. The summed E-state index contributed by atoms with van der Waals surface area (Å²) in [6.45, 7) is 1.06. The summed E-state index contributed by atoms with van der Waals surface area (Å²) in [7, 11) is 0. The maximum Gasteiger partial charge on any atom is 0.277 e. The molecule has 10 heteroatoms. The van der Waals surface area contributed by atoms with Crippen molar-refractivity contribution in [2.24, 2.45) is 0 Å². The molecule has 3 aromatic rings. The number of nitro groups is 2. The number of nitro benzene ring substituents is 2. The van der Waals surface area contributed by atoms with E-state index in [4.69, 9.17) is 0 Å². The number of hydrogen-bond donors (Lipinski definition) is 1. The number of amides is 2. The van der Waals surface area contributed by atoms with Gasteiger partial charge in [0.1, 0.15) is 0 Å². The largest absolute Gasteiger partial charge is 0.348 e. The minimum atomic E-state index is -0.785. The molecule has 0 saturated heterocycles. The zero-order valence-electron chi connectivity index (χ0n) is 17.3. The Labute approximate surface area is 187 Å². The number of non-ortho nitro benzene ring substituents is 2. The Kier molecular flexibility index (Phi) is 5.81. The molecule has 1 heterocycles. The Bertz CT molecular complexity index is 1240. The Morgan fingerprint density at radius 2 is 1.45 bits per heavy atom. The fourth-order valence-corrected chi connectivity index (χ4v) is 3.69. The molecule has 33 heavy (non-hydrogen) atoms. The average Bonchev–Trinajstić information content (AvgIpc) is 3.25. The summed E-state index contributed by atoms with van der Waals surface area (Å²) in [5.41, 5.74) is 2.14. The quantitative estimate of drug-likeness (QED) is 0.454. The van der Waals surface area contributed by atoms with Gasteiger partial charge in [-0.05, 0) is 28.8 Å². The first-order chi connectivity index (χ1) is 15.8. The van der Waals surface area contributed by atoms with Crippen LogP contribution in [0, 0.1) is 20.2 Å². The van der Waals surface area contributed by atoms with Gasteiger partial charge in [0.05, 0.1) is 21.5 Å². The average molecular weight is 446 g/mol. The predicted molar refractivity (Wildman–Crippen MR) is 117 cm³/mol. The van der Waals surface area contributed by atoms with Crippen LogP contribution >= 0.6 is 0 Å². The minimum Gasteiger partial charge on any atom is -0.348 e. The van der Waals surface area contributed by atoms with Gasteiger partial charge in [0.25, 0.3) is 23.2 Å². The van der Waals surface area contributed by atoms with Crippen molar-refractivity contribution in [3.63, 3.8) is 0 Å². The molecule has 2 amide bonds. The van der Waals surface area contributed by atoms with E-state index in [1.807, 2.05) is 36.4 Å². The molecule has 0 spiro atoms.